The Bertz CT molecular complexity index is 700. The summed E-state index contributed by atoms with van der Waals surface area (Å²) in [6.45, 7) is 1.95. The molecule has 1 aromatic heterocycles. The van der Waals surface area contributed by atoms with E-state index in [-0.39, 0.29) is 12.4 Å². The minimum Gasteiger partial charge on any atom is -0.488 e. The second kappa shape index (κ2) is 6.00. The number of aryl methyl sites for hydroxylation is 1. The Hall–Kier alpha value is -2.96. The van der Waals surface area contributed by atoms with E-state index in [1.807, 2.05) is 13.0 Å². The number of carbonyl (C=O) groups is 1. The number of rotatable bonds is 5. The maximum Gasteiger partial charge on any atom is 0.346 e. The first-order chi connectivity index (χ1) is 9.99. The van der Waals surface area contributed by atoms with Crippen molar-refractivity contribution in [1.29, 1.82) is 0 Å². The zero-order chi connectivity index (χ0) is 15.4. The molecule has 0 amide bonds. The number of ether oxygens (including phenoxy) is 1. The SMILES string of the molecule is Cc1cncc(COc2cccc([N+](=O)[O-])c2C(=O)O)c1. The Balaban J connectivity index is 2.30. The summed E-state index contributed by atoms with van der Waals surface area (Å²) in [6, 6.07) is 5.74. The molecule has 0 atom stereocenters. The first-order valence-electron chi connectivity index (χ1n) is 6.03. The van der Waals surface area contributed by atoms with E-state index in [1.54, 1.807) is 12.4 Å². The van der Waals surface area contributed by atoms with Crippen LogP contribution in [0.2, 0.25) is 0 Å². The van der Waals surface area contributed by atoms with E-state index in [1.165, 1.54) is 12.1 Å². The van der Waals surface area contributed by atoms with Crippen molar-refractivity contribution in [3.8, 4) is 5.75 Å². The second-order valence-electron chi connectivity index (χ2n) is 4.37. The number of hydrogen-bond acceptors (Lipinski definition) is 5. The number of aromatic nitrogens is 1. The highest BCUT2D eigenvalue weighted by molar-refractivity contribution is 5.95. The topological polar surface area (TPSA) is 103 Å². The molecule has 0 fully saturated rings. The molecule has 0 aliphatic carbocycles. The molecule has 0 bridgehead atoms. The first kappa shape index (κ1) is 14.4. The molecule has 0 saturated carbocycles. The molecule has 0 unspecified atom stereocenters. The van der Waals surface area contributed by atoms with Gasteiger partial charge in [-0.05, 0) is 24.6 Å². The average Bonchev–Trinajstić information content (AvgIpc) is 2.44. The van der Waals surface area contributed by atoms with Crippen LogP contribution in [0.3, 0.4) is 0 Å². The van der Waals surface area contributed by atoms with Crippen LogP contribution < -0.4 is 4.74 Å². The molecular weight excluding hydrogens is 276 g/mol. The minimum absolute atomic E-state index is 0.0433. The highest BCUT2D eigenvalue weighted by atomic mass is 16.6. The van der Waals surface area contributed by atoms with Crippen molar-refractivity contribution in [2.45, 2.75) is 13.5 Å². The number of carboxylic acids is 1. The van der Waals surface area contributed by atoms with Gasteiger partial charge in [-0.25, -0.2) is 4.79 Å². The quantitative estimate of drug-likeness (QED) is 0.670. The van der Waals surface area contributed by atoms with Gasteiger partial charge in [0.15, 0.2) is 5.56 Å². The molecule has 108 valence electrons. The van der Waals surface area contributed by atoms with Gasteiger partial charge in [0.2, 0.25) is 0 Å². The standard InChI is InChI=1S/C14H12N2O5/c1-9-5-10(7-15-6-9)8-21-12-4-2-3-11(16(19)20)13(12)14(17)18/h2-7H,8H2,1H3,(H,17,18). The van der Waals surface area contributed by atoms with Gasteiger partial charge in [-0.3, -0.25) is 15.1 Å². The van der Waals surface area contributed by atoms with Gasteiger partial charge >= 0.3 is 5.97 Å². The molecule has 7 nitrogen and oxygen atoms in total. The fourth-order valence-corrected chi connectivity index (χ4v) is 1.86. The van der Waals surface area contributed by atoms with Gasteiger partial charge < -0.3 is 9.84 Å². The zero-order valence-electron chi connectivity index (χ0n) is 11.1. The minimum atomic E-state index is -1.40. The van der Waals surface area contributed by atoms with Gasteiger partial charge in [0, 0.05) is 24.0 Å². The summed E-state index contributed by atoms with van der Waals surface area (Å²) < 4.78 is 5.41. The zero-order valence-corrected chi connectivity index (χ0v) is 11.1. The van der Waals surface area contributed by atoms with E-state index in [0.29, 0.717) is 0 Å². The predicted molar refractivity (Wildman–Crippen MR) is 73.4 cm³/mol. The van der Waals surface area contributed by atoms with Crippen LogP contribution in [0.5, 0.6) is 5.75 Å². The van der Waals surface area contributed by atoms with E-state index in [0.717, 1.165) is 17.2 Å². The molecule has 0 radical (unpaired) electrons. The van der Waals surface area contributed by atoms with E-state index in [9.17, 15) is 14.9 Å². The van der Waals surface area contributed by atoms with Crippen LogP contribution >= 0.6 is 0 Å². The lowest BCUT2D eigenvalue weighted by molar-refractivity contribution is -0.385. The van der Waals surface area contributed by atoms with Crippen LogP contribution in [-0.2, 0) is 6.61 Å². The monoisotopic (exact) mass is 288 g/mol. The van der Waals surface area contributed by atoms with Gasteiger partial charge in [0.05, 0.1) is 4.92 Å². The van der Waals surface area contributed by atoms with Crippen molar-refractivity contribution in [3.63, 3.8) is 0 Å². The Kier molecular flexibility index (Phi) is 4.13. The maximum absolute atomic E-state index is 11.2. The Morgan fingerprint density at radius 3 is 2.81 bits per heavy atom. The van der Waals surface area contributed by atoms with Crippen molar-refractivity contribution in [2.75, 3.05) is 0 Å². The summed E-state index contributed by atoms with van der Waals surface area (Å²) in [5.41, 5.74) is 0.733. The highest BCUT2D eigenvalue weighted by Crippen LogP contribution is 2.28. The Labute approximate surface area is 120 Å². The summed E-state index contributed by atoms with van der Waals surface area (Å²) in [5, 5.41) is 20.0. The van der Waals surface area contributed by atoms with Gasteiger partial charge in [-0.1, -0.05) is 6.07 Å². The molecule has 0 saturated heterocycles. The second-order valence-corrected chi connectivity index (χ2v) is 4.37. The lowest BCUT2D eigenvalue weighted by atomic mass is 10.1. The van der Waals surface area contributed by atoms with Crippen LogP contribution in [0.1, 0.15) is 21.5 Å². The van der Waals surface area contributed by atoms with Crippen molar-refractivity contribution in [1.82, 2.24) is 4.98 Å². The number of hydrogen-bond donors (Lipinski definition) is 1. The van der Waals surface area contributed by atoms with Gasteiger partial charge in [-0.15, -0.1) is 0 Å². The summed E-state index contributed by atoms with van der Waals surface area (Å²) in [7, 11) is 0. The molecule has 0 spiro atoms. The molecule has 0 aliphatic rings. The molecule has 21 heavy (non-hydrogen) atoms. The number of nitro benzene ring substituents is 1. The van der Waals surface area contributed by atoms with Gasteiger partial charge in [0.1, 0.15) is 12.4 Å². The van der Waals surface area contributed by atoms with Crippen LogP contribution in [-0.4, -0.2) is 21.0 Å². The lowest BCUT2D eigenvalue weighted by Gasteiger charge is -2.09. The van der Waals surface area contributed by atoms with Crippen LogP contribution in [0, 0.1) is 17.0 Å². The summed E-state index contributed by atoms with van der Waals surface area (Å²) >= 11 is 0. The molecule has 0 aliphatic heterocycles. The van der Waals surface area contributed by atoms with Crippen molar-refractivity contribution in [3.05, 3.63) is 63.5 Å². The number of aromatic carboxylic acids is 1. The van der Waals surface area contributed by atoms with E-state index in [2.05, 4.69) is 4.98 Å². The predicted octanol–water partition coefficient (Wildman–Crippen LogP) is 2.58. The van der Waals surface area contributed by atoms with E-state index < -0.39 is 22.1 Å². The molecule has 1 N–H and O–H groups in total. The fraction of sp³-hybridized carbons (Fsp3) is 0.143. The van der Waals surface area contributed by atoms with Crippen LogP contribution in [0.25, 0.3) is 0 Å². The van der Waals surface area contributed by atoms with E-state index in [4.69, 9.17) is 9.84 Å². The van der Waals surface area contributed by atoms with Gasteiger partial charge in [0.25, 0.3) is 5.69 Å². The lowest BCUT2D eigenvalue weighted by Crippen LogP contribution is -2.07. The molecule has 2 aromatic rings. The largest absolute Gasteiger partial charge is 0.488 e. The molecule has 1 heterocycles. The molecule has 1 aromatic carbocycles. The van der Waals surface area contributed by atoms with Crippen molar-refractivity contribution < 1.29 is 19.6 Å². The number of benzene rings is 1. The average molecular weight is 288 g/mol. The number of carboxylic acid groups (broad SMARTS) is 1. The Morgan fingerprint density at radius 2 is 2.19 bits per heavy atom. The van der Waals surface area contributed by atoms with Crippen LogP contribution in [0.15, 0.2) is 36.7 Å². The summed E-state index contributed by atoms with van der Waals surface area (Å²) in [5.74, 6) is -1.45. The highest BCUT2D eigenvalue weighted by Gasteiger charge is 2.24. The third-order valence-corrected chi connectivity index (χ3v) is 2.74. The number of nitro groups is 1. The third-order valence-electron chi connectivity index (χ3n) is 2.74. The summed E-state index contributed by atoms with van der Waals surface area (Å²) in [6.07, 6.45) is 3.27. The van der Waals surface area contributed by atoms with Crippen molar-refractivity contribution in [2.24, 2.45) is 0 Å². The Morgan fingerprint density at radius 1 is 1.43 bits per heavy atom. The van der Waals surface area contributed by atoms with Gasteiger partial charge in [-0.2, -0.15) is 0 Å². The van der Waals surface area contributed by atoms with E-state index >= 15 is 0 Å². The number of pyridine rings is 1. The molecular formula is C14H12N2O5. The normalized spacial score (nSPS) is 10.1. The molecule has 2 rings (SSSR count). The van der Waals surface area contributed by atoms with Crippen LogP contribution in [0.4, 0.5) is 5.69 Å². The fourth-order valence-electron chi connectivity index (χ4n) is 1.86. The number of nitrogens with zero attached hydrogens (tertiary/aromatic N) is 2. The first-order valence-corrected chi connectivity index (χ1v) is 6.03. The van der Waals surface area contributed by atoms with Crippen molar-refractivity contribution >= 4 is 11.7 Å². The third kappa shape index (κ3) is 3.33. The molecule has 7 heteroatoms. The smallest absolute Gasteiger partial charge is 0.346 e. The maximum atomic E-state index is 11.2. The summed E-state index contributed by atoms with van der Waals surface area (Å²) in [4.78, 5) is 25.3.